The average Bonchev–Trinajstić information content (AvgIpc) is 3.47. The molecule has 7 heteroatoms. The fraction of sp³-hybridized carbons (Fsp3) is 0.333. The molecule has 2 aromatic carbocycles. The lowest BCUT2D eigenvalue weighted by Crippen LogP contribution is -2.37. The van der Waals surface area contributed by atoms with Crippen molar-refractivity contribution in [3.63, 3.8) is 0 Å². The highest BCUT2D eigenvalue weighted by atomic mass is 35.5. The molecule has 2 fully saturated rings. The summed E-state index contributed by atoms with van der Waals surface area (Å²) in [6, 6.07) is 11.8. The third-order valence-electron chi connectivity index (χ3n) is 5.72. The van der Waals surface area contributed by atoms with Crippen molar-refractivity contribution in [1.29, 1.82) is 0 Å². The normalized spacial score (nSPS) is 22.4. The topological polar surface area (TPSA) is 49.9 Å². The molecule has 2 aromatic rings. The fourth-order valence-corrected chi connectivity index (χ4v) is 4.83. The van der Waals surface area contributed by atoms with Gasteiger partial charge in [-0.1, -0.05) is 41.4 Å². The molecule has 2 aliphatic heterocycles. The first kappa shape index (κ1) is 18.0. The van der Waals surface area contributed by atoms with Crippen molar-refractivity contribution >= 4 is 40.9 Å². The number of nitrogens with zero attached hydrogens (tertiary/aromatic N) is 2. The summed E-state index contributed by atoms with van der Waals surface area (Å²) in [5, 5.41) is 1.25. The van der Waals surface area contributed by atoms with Crippen molar-refractivity contribution in [1.82, 2.24) is 4.90 Å². The number of rotatable bonds is 3. The number of carbonyl (C=O) groups excluding carboxylic acids is 2. The van der Waals surface area contributed by atoms with E-state index in [2.05, 4.69) is 4.90 Å². The van der Waals surface area contributed by atoms with Gasteiger partial charge in [0.1, 0.15) is 0 Å². The molecule has 0 spiro atoms. The van der Waals surface area contributed by atoms with Gasteiger partial charge in [0.05, 0.1) is 5.69 Å². The smallest absolute Gasteiger partial charge is 0.421 e. The van der Waals surface area contributed by atoms with E-state index in [0.717, 1.165) is 34.7 Å². The minimum Gasteiger partial charge on any atom is -0.439 e. The maximum Gasteiger partial charge on any atom is 0.421 e. The third-order valence-corrected chi connectivity index (χ3v) is 6.27. The molecular formula is C21H18Cl2N2O3. The van der Waals surface area contributed by atoms with Crippen LogP contribution in [0.3, 0.4) is 0 Å². The number of halogens is 2. The molecule has 0 bridgehead atoms. The van der Waals surface area contributed by atoms with Crippen LogP contribution in [-0.4, -0.2) is 36.1 Å². The number of ether oxygens (including phenoxy) is 1. The lowest BCUT2D eigenvalue weighted by atomic mass is 9.83. The van der Waals surface area contributed by atoms with Gasteiger partial charge in [-0.25, -0.2) is 9.69 Å². The molecule has 28 heavy (non-hydrogen) atoms. The van der Waals surface area contributed by atoms with Gasteiger partial charge in [0.15, 0.2) is 6.61 Å². The summed E-state index contributed by atoms with van der Waals surface area (Å²) in [4.78, 5) is 28.0. The summed E-state index contributed by atoms with van der Waals surface area (Å²) < 4.78 is 4.94. The van der Waals surface area contributed by atoms with Gasteiger partial charge in [-0.05, 0) is 47.7 Å². The molecular weight excluding hydrogens is 399 g/mol. The molecule has 1 atom stereocenters. The highest BCUT2D eigenvalue weighted by Gasteiger charge is 2.39. The highest BCUT2D eigenvalue weighted by Crippen LogP contribution is 2.44. The largest absolute Gasteiger partial charge is 0.439 e. The molecule has 1 aliphatic carbocycles. The first-order valence-corrected chi connectivity index (χ1v) is 10.1. The quantitative estimate of drug-likeness (QED) is 0.734. The maximum atomic E-state index is 12.3. The monoisotopic (exact) mass is 416 g/mol. The Morgan fingerprint density at radius 3 is 2.54 bits per heavy atom. The first-order chi connectivity index (χ1) is 13.5. The van der Waals surface area contributed by atoms with Crippen molar-refractivity contribution in [3.05, 3.63) is 63.1 Å². The van der Waals surface area contributed by atoms with E-state index in [0.29, 0.717) is 21.8 Å². The molecule has 1 saturated heterocycles. The summed E-state index contributed by atoms with van der Waals surface area (Å²) >= 11 is 12.9. The molecule has 0 aromatic heterocycles. The second-order valence-corrected chi connectivity index (χ2v) is 8.35. The summed E-state index contributed by atoms with van der Waals surface area (Å²) in [5.41, 5.74) is 3.60. The number of anilines is 1. The van der Waals surface area contributed by atoms with Crippen molar-refractivity contribution in [2.45, 2.75) is 31.3 Å². The van der Waals surface area contributed by atoms with E-state index in [1.54, 1.807) is 12.1 Å². The van der Waals surface area contributed by atoms with Gasteiger partial charge in [-0.15, -0.1) is 0 Å². The van der Waals surface area contributed by atoms with Crippen LogP contribution in [0.1, 0.15) is 35.4 Å². The van der Waals surface area contributed by atoms with Crippen LogP contribution >= 0.6 is 23.2 Å². The van der Waals surface area contributed by atoms with E-state index < -0.39 is 6.09 Å². The zero-order valence-electron chi connectivity index (χ0n) is 15.0. The molecule has 5 rings (SSSR count). The Bertz CT molecular complexity index is 974. The molecule has 0 N–H and O–H groups in total. The van der Waals surface area contributed by atoms with Crippen LogP contribution in [0.25, 0.3) is 0 Å². The molecule has 5 nitrogen and oxygen atoms in total. The minimum absolute atomic E-state index is 0.0436. The maximum absolute atomic E-state index is 12.3. The van der Waals surface area contributed by atoms with Crippen LogP contribution in [0, 0.1) is 0 Å². The lowest BCUT2D eigenvalue weighted by molar-refractivity contribution is -0.117. The Balaban J connectivity index is 1.65. The van der Waals surface area contributed by atoms with E-state index in [4.69, 9.17) is 27.9 Å². The second-order valence-electron chi connectivity index (χ2n) is 7.51. The van der Waals surface area contributed by atoms with Gasteiger partial charge in [0.2, 0.25) is 0 Å². The third kappa shape index (κ3) is 2.98. The molecule has 0 radical (unpaired) electrons. The number of imide groups is 1. The number of benzene rings is 2. The van der Waals surface area contributed by atoms with Gasteiger partial charge in [0, 0.05) is 35.1 Å². The standard InChI is InChI=1S/C21H18Cl2N2O3/c22-12-7-15-16(9-24(13-5-6-13)10-17(15)18(23)8-12)14-3-1-2-4-19(14)25-20(26)11-28-21(25)27/h1-4,7-8,13,16H,5-6,9-11H2/t16-/m0/s1. The number of cyclic esters (lactones) is 1. The van der Waals surface area contributed by atoms with Gasteiger partial charge < -0.3 is 4.74 Å². The number of carbonyl (C=O) groups is 2. The predicted octanol–water partition coefficient (Wildman–Crippen LogP) is 4.59. The minimum atomic E-state index is -0.628. The van der Waals surface area contributed by atoms with Gasteiger partial charge >= 0.3 is 6.09 Å². The average molecular weight is 417 g/mol. The highest BCUT2D eigenvalue weighted by molar-refractivity contribution is 6.35. The zero-order chi connectivity index (χ0) is 19.4. The molecule has 1 saturated carbocycles. The van der Waals surface area contributed by atoms with Crippen LogP contribution in [0.5, 0.6) is 0 Å². The van der Waals surface area contributed by atoms with Gasteiger partial charge in [0.25, 0.3) is 5.91 Å². The molecule has 144 valence electrons. The molecule has 2 heterocycles. The second kappa shape index (κ2) is 6.76. The van der Waals surface area contributed by atoms with Crippen LogP contribution in [-0.2, 0) is 16.1 Å². The van der Waals surface area contributed by atoms with Crippen molar-refractivity contribution in [2.75, 3.05) is 18.1 Å². The first-order valence-electron chi connectivity index (χ1n) is 9.33. The molecule has 2 amide bonds. The molecule has 3 aliphatic rings. The van der Waals surface area contributed by atoms with Crippen molar-refractivity contribution in [2.24, 2.45) is 0 Å². The number of hydrogen-bond donors (Lipinski definition) is 0. The van der Waals surface area contributed by atoms with Crippen LogP contribution < -0.4 is 4.90 Å². The number of amides is 2. The fourth-order valence-electron chi connectivity index (χ4n) is 4.26. The lowest BCUT2D eigenvalue weighted by Gasteiger charge is -2.37. The summed E-state index contributed by atoms with van der Waals surface area (Å²) in [5.74, 6) is -0.394. The number of fused-ring (bicyclic) bond motifs is 1. The predicted molar refractivity (Wildman–Crippen MR) is 107 cm³/mol. The Labute approximate surface area is 172 Å². The SMILES string of the molecule is O=C1COC(=O)N1c1ccccc1[C@@H]1CN(C2CC2)Cc2c(Cl)cc(Cl)cc21. The van der Waals surface area contributed by atoms with Crippen molar-refractivity contribution < 1.29 is 14.3 Å². The summed E-state index contributed by atoms with van der Waals surface area (Å²) in [6.45, 7) is 1.36. The Morgan fingerprint density at radius 2 is 1.82 bits per heavy atom. The summed E-state index contributed by atoms with van der Waals surface area (Å²) in [6.07, 6.45) is 1.74. The van der Waals surface area contributed by atoms with E-state index in [1.807, 2.05) is 24.3 Å². The van der Waals surface area contributed by atoms with E-state index in [1.165, 1.54) is 12.8 Å². The Hall–Kier alpha value is -2.08. The van der Waals surface area contributed by atoms with Gasteiger partial charge in [-0.3, -0.25) is 9.69 Å². The zero-order valence-corrected chi connectivity index (χ0v) is 16.5. The van der Waals surface area contributed by atoms with Crippen LogP contribution in [0.4, 0.5) is 10.5 Å². The number of para-hydroxylation sites is 1. The molecule has 0 unspecified atom stereocenters. The Morgan fingerprint density at radius 1 is 1.04 bits per heavy atom. The van der Waals surface area contributed by atoms with E-state index in [-0.39, 0.29) is 18.4 Å². The van der Waals surface area contributed by atoms with E-state index in [9.17, 15) is 9.59 Å². The van der Waals surface area contributed by atoms with Crippen LogP contribution in [0.2, 0.25) is 10.0 Å². The van der Waals surface area contributed by atoms with Gasteiger partial charge in [-0.2, -0.15) is 0 Å². The van der Waals surface area contributed by atoms with Crippen LogP contribution in [0.15, 0.2) is 36.4 Å². The van der Waals surface area contributed by atoms with Crippen molar-refractivity contribution in [3.8, 4) is 0 Å². The summed E-state index contributed by atoms with van der Waals surface area (Å²) in [7, 11) is 0. The number of hydrogen-bond acceptors (Lipinski definition) is 4. The Kier molecular flexibility index (Phi) is 4.34. The van der Waals surface area contributed by atoms with E-state index >= 15 is 0 Å².